The van der Waals surface area contributed by atoms with Gasteiger partial charge < -0.3 is 30.1 Å². The van der Waals surface area contributed by atoms with Crippen LogP contribution in [0.2, 0.25) is 0 Å². The fourth-order valence-corrected chi connectivity index (χ4v) is 8.26. The van der Waals surface area contributed by atoms with Crippen LogP contribution >= 0.6 is 0 Å². The van der Waals surface area contributed by atoms with Gasteiger partial charge in [-0.3, -0.25) is 0 Å². The first kappa shape index (κ1) is 24.3. The van der Waals surface area contributed by atoms with Crippen molar-refractivity contribution >= 4 is 6.09 Å². The molecular weight excluding hydrogens is 434 g/mol. The molecule has 3 fully saturated rings. The zero-order valence-electron chi connectivity index (χ0n) is 21.1. The summed E-state index contributed by atoms with van der Waals surface area (Å²) < 4.78 is 5.99. The zero-order valence-corrected chi connectivity index (χ0v) is 21.1. The SMILES string of the molecule is CC1=CC23CC[C@@H]4[C@H]([C@H](C=C(CO)[C@@H](O)[C@]2(O)[C@H]1OC(=O)N1CCCC(C)(C)C1)C3O)C4(C)C. The number of amides is 1. The van der Waals surface area contributed by atoms with E-state index < -0.39 is 42.0 Å². The second-order valence-corrected chi connectivity index (χ2v) is 13.0. The summed E-state index contributed by atoms with van der Waals surface area (Å²) in [4.78, 5) is 15.0. The van der Waals surface area contributed by atoms with Crippen molar-refractivity contribution in [1.29, 1.82) is 0 Å². The monoisotopic (exact) mass is 475 g/mol. The Morgan fingerprint density at radius 3 is 2.56 bits per heavy atom. The van der Waals surface area contributed by atoms with E-state index in [1.807, 2.05) is 6.08 Å². The quantitative estimate of drug-likeness (QED) is 0.457. The van der Waals surface area contributed by atoms with Crippen LogP contribution in [0.4, 0.5) is 4.79 Å². The Hall–Kier alpha value is -1.41. The van der Waals surface area contributed by atoms with E-state index in [1.54, 1.807) is 17.9 Å². The minimum Gasteiger partial charge on any atom is -0.438 e. The van der Waals surface area contributed by atoms with Crippen LogP contribution in [0.15, 0.2) is 23.3 Å². The number of hydrogen-bond acceptors (Lipinski definition) is 6. The van der Waals surface area contributed by atoms with E-state index in [0.29, 0.717) is 36.6 Å². The molecular formula is C27H41NO6. The number of rotatable bonds is 2. The Morgan fingerprint density at radius 1 is 1.21 bits per heavy atom. The molecule has 2 saturated carbocycles. The predicted molar refractivity (Wildman–Crippen MR) is 127 cm³/mol. The van der Waals surface area contributed by atoms with Gasteiger partial charge in [-0.15, -0.1) is 0 Å². The molecule has 1 spiro atoms. The van der Waals surface area contributed by atoms with E-state index in [2.05, 4.69) is 27.7 Å². The van der Waals surface area contributed by atoms with Crippen molar-refractivity contribution in [3.63, 3.8) is 0 Å². The minimum absolute atomic E-state index is 0.0108. The standard InChI is InChI=1S/C27H41NO6/c1-15-12-26-9-7-18-19(25(18,4)5)17(21(26)31)11-16(13-29)20(30)27(26,33)22(15)34-23(32)28-10-6-8-24(2,3)14-28/h11-12,17-22,29-31,33H,6-10,13-14H2,1-5H3/t17-,18+,19-,20+,21?,22-,26?,27-/m0/s1. The third-order valence-electron chi connectivity index (χ3n) is 10.1. The molecule has 0 aromatic heterocycles. The van der Waals surface area contributed by atoms with E-state index in [9.17, 15) is 25.2 Å². The maximum atomic E-state index is 13.3. The van der Waals surface area contributed by atoms with Crippen molar-refractivity contribution < 1.29 is 30.0 Å². The molecule has 0 aromatic carbocycles. The van der Waals surface area contributed by atoms with Crippen molar-refractivity contribution in [3.05, 3.63) is 23.3 Å². The maximum Gasteiger partial charge on any atom is 0.410 e. The van der Waals surface area contributed by atoms with Gasteiger partial charge in [0.2, 0.25) is 0 Å². The summed E-state index contributed by atoms with van der Waals surface area (Å²) in [5.41, 5.74) is -2.14. The fourth-order valence-electron chi connectivity index (χ4n) is 8.26. The largest absolute Gasteiger partial charge is 0.438 e. The molecule has 34 heavy (non-hydrogen) atoms. The number of aliphatic hydroxyl groups excluding tert-OH is 3. The van der Waals surface area contributed by atoms with Crippen LogP contribution in [-0.4, -0.2) is 75.0 Å². The third kappa shape index (κ3) is 3.12. The van der Waals surface area contributed by atoms with Crippen LogP contribution in [0.5, 0.6) is 0 Å². The Kier molecular flexibility index (Phi) is 5.39. The number of likely N-dealkylation sites (tertiary alicyclic amines) is 1. The molecule has 2 bridgehead atoms. The van der Waals surface area contributed by atoms with Crippen molar-refractivity contribution in [3.8, 4) is 0 Å². The van der Waals surface area contributed by atoms with Crippen molar-refractivity contribution in [2.24, 2.45) is 34.0 Å². The normalized spacial score (nSPS) is 46.3. The van der Waals surface area contributed by atoms with Gasteiger partial charge in [-0.25, -0.2) is 4.79 Å². The lowest BCUT2D eigenvalue weighted by atomic mass is 9.62. The van der Waals surface area contributed by atoms with E-state index in [-0.39, 0.29) is 22.7 Å². The summed E-state index contributed by atoms with van der Waals surface area (Å²) in [6.45, 7) is 11.2. The molecule has 0 radical (unpaired) electrons. The Morgan fingerprint density at radius 2 is 1.91 bits per heavy atom. The first-order valence-electron chi connectivity index (χ1n) is 12.8. The molecule has 7 nitrogen and oxygen atoms in total. The van der Waals surface area contributed by atoms with Crippen LogP contribution < -0.4 is 0 Å². The number of fused-ring (bicyclic) bond motifs is 3. The number of carbonyl (C=O) groups is 1. The van der Waals surface area contributed by atoms with Crippen molar-refractivity contribution in [2.75, 3.05) is 19.7 Å². The molecule has 7 heteroatoms. The molecule has 4 N–H and O–H groups in total. The van der Waals surface area contributed by atoms with Gasteiger partial charge in [0.15, 0.2) is 6.10 Å². The predicted octanol–water partition coefficient (Wildman–Crippen LogP) is 2.63. The number of piperidine rings is 1. The number of ether oxygens (including phenoxy) is 1. The summed E-state index contributed by atoms with van der Waals surface area (Å²) >= 11 is 0. The van der Waals surface area contributed by atoms with Gasteiger partial charge in [0.05, 0.1) is 18.1 Å². The summed E-state index contributed by atoms with van der Waals surface area (Å²) in [7, 11) is 0. The molecule has 0 aromatic rings. The first-order valence-corrected chi connectivity index (χ1v) is 12.8. The highest BCUT2D eigenvalue weighted by molar-refractivity contribution is 5.69. The fraction of sp³-hybridized carbons (Fsp3) is 0.815. The molecule has 5 aliphatic rings. The van der Waals surface area contributed by atoms with Gasteiger partial charge in [-0.1, -0.05) is 39.8 Å². The molecule has 8 atom stereocenters. The molecule has 2 unspecified atom stereocenters. The highest BCUT2D eigenvalue weighted by Crippen LogP contribution is 2.71. The van der Waals surface area contributed by atoms with E-state index in [1.165, 1.54) is 0 Å². The lowest BCUT2D eigenvalue weighted by Gasteiger charge is -2.49. The van der Waals surface area contributed by atoms with Crippen molar-refractivity contribution in [2.45, 2.75) is 84.2 Å². The number of hydrogen-bond donors (Lipinski definition) is 4. The summed E-state index contributed by atoms with van der Waals surface area (Å²) in [6, 6.07) is 0. The van der Waals surface area contributed by atoms with Crippen LogP contribution in [0.25, 0.3) is 0 Å². The van der Waals surface area contributed by atoms with Gasteiger partial charge in [0, 0.05) is 19.0 Å². The van der Waals surface area contributed by atoms with Gasteiger partial charge in [0.1, 0.15) is 11.7 Å². The molecule has 5 rings (SSSR count). The highest BCUT2D eigenvalue weighted by atomic mass is 16.6. The van der Waals surface area contributed by atoms with Gasteiger partial charge in [-0.05, 0) is 66.4 Å². The Bertz CT molecular complexity index is 939. The average molecular weight is 476 g/mol. The average Bonchev–Trinajstić information content (AvgIpc) is 3.29. The van der Waals surface area contributed by atoms with E-state index in [0.717, 1.165) is 19.3 Å². The summed E-state index contributed by atoms with van der Waals surface area (Å²) in [6.07, 6.45) is 2.83. The highest BCUT2D eigenvalue weighted by Gasteiger charge is 2.74. The van der Waals surface area contributed by atoms with E-state index in [4.69, 9.17) is 4.74 Å². The Balaban J connectivity index is 1.53. The summed E-state index contributed by atoms with van der Waals surface area (Å²) in [5, 5.41) is 45.9. The first-order chi connectivity index (χ1) is 15.8. The number of carbonyl (C=O) groups excluding carboxylic acids is 1. The smallest absolute Gasteiger partial charge is 0.410 e. The molecule has 190 valence electrons. The third-order valence-corrected chi connectivity index (χ3v) is 10.1. The van der Waals surface area contributed by atoms with Crippen LogP contribution in [0, 0.1) is 34.0 Å². The van der Waals surface area contributed by atoms with E-state index >= 15 is 0 Å². The number of nitrogens with zero attached hydrogens (tertiary/aromatic N) is 1. The van der Waals surface area contributed by atoms with Gasteiger partial charge in [-0.2, -0.15) is 0 Å². The zero-order chi connectivity index (χ0) is 24.8. The maximum absolute atomic E-state index is 13.3. The second-order valence-electron chi connectivity index (χ2n) is 13.0. The van der Waals surface area contributed by atoms with Crippen LogP contribution in [-0.2, 0) is 4.74 Å². The Labute approximate surface area is 202 Å². The minimum atomic E-state index is -1.96. The molecule has 4 aliphatic carbocycles. The van der Waals surface area contributed by atoms with Gasteiger partial charge >= 0.3 is 6.09 Å². The van der Waals surface area contributed by atoms with Crippen LogP contribution in [0.1, 0.15) is 60.3 Å². The lowest BCUT2D eigenvalue weighted by Crippen LogP contribution is -2.65. The summed E-state index contributed by atoms with van der Waals surface area (Å²) in [5.74, 6) is 0.312. The topological polar surface area (TPSA) is 110 Å². The molecule has 1 saturated heterocycles. The van der Waals surface area contributed by atoms with Gasteiger partial charge in [0.25, 0.3) is 0 Å². The lowest BCUT2D eigenvalue weighted by molar-refractivity contribution is -0.203. The molecule has 1 amide bonds. The molecule has 1 heterocycles. The van der Waals surface area contributed by atoms with Crippen molar-refractivity contribution in [1.82, 2.24) is 4.90 Å². The van der Waals surface area contributed by atoms with Crippen LogP contribution in [0.3, 0.4) is 0 Å². The molecule has 1 aliphatic heterocycles. The number of aliphatic hydroxyl groups is 4. The second kappa shape index (κ2) is 7.55.